The van der Waals surface area contributed by atoms with E-state index in [0.717, 1.165) is 18.1 Å². The first-order valence-corrected chi connectivity index (χ1v) is 6.22. The fourth-order valence-corrected chi connectivity index (χ4v) is 1.99. The molecule has 5 heteroatoms. The van der Waals surface area contributed by atoms with E-state index >= 15 is 0 Å². The van der Waals surface area contributed by atoms with Gasteiger partial charge in [-0.2, -0.15) is 0 Å². The van der Waals surface area contributed by atoms with Gasteiger partial charge in [-0.1, -0.05) is 18.2 Å². The van der Waals surface area contributed by atoms with Crippen LogP contribution in [0.25, 0.3) is 0 Å². The minimum Gasteiger partial charge on any atom is -0.480 e. The molecule has 1 N–H and O–H groups in total. The van der Waals surface area contributed by atoms with E-state index in [9.17, 15) is 4.79 Å². The van der Waals surface area contributed by atoms with Gasteiger partial charge in [-0.15, -0.1) is 0 Å². The molecule has 2 rings (SSSR count). The summed E-state index contributed by atoms with van der Waals surface area (Å²) >= 11 is 0. The molecule has 0 saturated heterocycles. The normalized spacial score (nSPS) is 10.4. The molecule has 0 aliphatic carbocycles. The predicted octanol–water partition coefficient (Wildman–Crippen LogP) is 1.99. The van der Waals surface area contributed by atoms with Crippen LogP contribution in [0.2, 0.25) is 0 Å². The van der Waals surface area contributed by atoms with Crippen molar-refractivity contribution < 1.29 is 9.90 Å². The number of anilines is 1. The number of aromatic nitrogens is 2. The summed E-state index contributed by atoms with van der Waals surface area (Å²) in [5, 5.41) is 9.03. The quantitative estimate of drug-likeness (QED) is 0.862. The van der Waals surface area contributed by atoms with E-state index in [1.54, 1.807) is 11.1 Å². The molecule has 1 aromatic heterocycles. The monoisotopic (exact) mass is 259 g/mol. The van der Waals surface area contributed by atoms with Crippen LogP contribution < -0.4 is 4.90 Å². The zero-order valence-corrected chi connectivity index (χ0v) is 10.9. The molecule has 0 aliphatic heterocycles. The molecule has 0 amide bonds. The minimum atomic E-state index is -0.849. The van der Waals surface area contributed by atoms with Crippen LogP contribution >= 0.6 is 0 Å². The van der Waals surface area contributed by atoms with Crippen LogP contribution in [0.5, 0.6) is 0 Å². The second kappa shape index (κ2) is 6.04. The van der Waals surface area contributed by atoms with Crippen LogP contribution in [-0.2, 0) is 17.9 Å². The van der Waals surface area contributed by atoms with Crippen LogP contribution in [0.4, 0.5) is 5.69 Å². The van der Waals surface area contributed by atoms with E-state index in [-0.39, 0.29) is 6.54 Å². The van der Waals surface area contributed by atoms with Gasteiger partial charge in [0.05, 0.1) is 6.54 Å². The fourth-order valence-electron chi connectivity index (χ4n) is 1.99. The van der Waals surface area contributed by atoms with Gasteiger partial charge in [-0.05, 0) is 19.1 Å². The summed E-state index contributed by atoms with van der Waals surface area (Å²) in [6.45, 7) is 3.30. The molecule has 1 aromatic carbocycles. The second-order valence-corrected chi connectivity index (χ2v) is 4.21. The number of aliphatic carboxylic acids is 1. The van der Waals surface area contributed by atoms with Gasteiger partial charge in [0.1, 0.15) is 12.4 Å². The number of aryl methyl sites for hydroxylation is 1. The number of imidazole rings is 1. The average molecular weight is 259 g/mol. The number of rotatable bonds is 6. The Balaban J connectivity index is 2.21. The van der Waals surface area contributed by atoms with Crippen LogP contribution in [0.15, 0.2) is 42.7 Å². The van der Waals surface area contributed by atoms with Crippen molar-refractivity contribution in [1.29, 1.82) is 0 Å². The number of para-hydroxylation sites is 1. The summed E-state index contributed by atoms with van der Waals surface area (Å²) in [6, 6.07) is 9.52. The molecule has 19 heavy (non-hydrogen) atoms. The molecule has 0 spiro atoms. The van der Waals surface area contributed by atoms with Crippen molar-refractivity contribution in [3.63, 3.8) is 0 Å². The van der Waals surface area contributed by atoms with Gasteiger partial charge in [-0.3, -0.25) is 4.79 Å². The van der Waals surface area contributed by atoms with Crippen LogP contribution in [0, 0.1) is 0 Å². The number of carbonyl (C=O) groups is 1. The summed E-state index contributed by atoms with van der Waals surface area (Å²) in [5.41, 5.74) is 0.885. The summed E-state index contributed by atoms with van der Waals surface area (Å²) in [5.74, 6) is 0.0195. The molecule has 0 fully saturated rings. The first kappa shape index (κ1) is 13.1. The number of benzene rings is 1. The SMILES string of the molecule is CCn1ccnc1CN(CC(=O)O)c1ccccc1. The zero-order valence-electron chi connectivity index (χ0n) is 10.9. The third-order valence-corrected chi connectivity index (χ3v) is 2.92. The molecule has 0 radical (unpaired) electrons. The van der Waals surface area contributed by atoms with E-state index in [2.05, 4.69) is 4.98 Å². The first-order chi connectivity index (χ1) is 9.20. The van der Waals surface area contributed by atoms with E-state index in [1.165, 1.54) is 0 Å². The number of carboxylic acids is 1. The Kier molecular flexibility index (Phi) is 4.18. The largest absolute Gasteiger partial charge is 0.480 e. The lowest BCUT2D eigenvalue weighted by Crippen LogP contribution is -2.30. The van der Waals surface area contributed by atoms with Crippen molar-refractivity contribution >= 4 is 11.7 Å². The Hall–Kier alpha value is -2.30. The highest BCUT2D eigenvalue weighted by Crippen LogP contribution is 2.15. The van der Waals surface area contributed by atoms with E-state index in [0.29, 0.717) is 6.54 Å². The van der Waals surface area contributed by atoms with Crippen molar-refractivity contribution in [2.45, 2.75) is 20.0 Å². The summed E-state index contributed by atoms with van der Waals surface area (Å²) in [7, 11) is 0. The van der Waals surface area contributed by atoms with Gasteiger partial charge in [-0.25, -0.2) is 4.98 Å². The highest BCUT2D eigenvalue weighted by Gasteiger charge is 2.13. The van der Waals surface area contributed by atoms with Crippen molar-refractivity contribution in [2.75, 3.05) is 11.4 Å². The standard InChI is InChI=1S/C14H17N3O2/c1-2-16-9-8-15-13(16)10-17(11-14(18)19)12-6-4-3-5-7-12/h3-9H,2,10-11H2,1H3,(H,18,19). The van der Waals surface area contributed by atoms with E-state index in [4.69, 9.17) is 5.11 Å². The second-order valence-electron chi connectivity index (χ2n) is 4.21. The molecule has 5 nitrogen and oxygen atoms in total. The third-order valence-electron chi connectivity index (χ3n) is 2.92. The molecule has 100 valence electrons. The van der Waals surface area contributed by atoms with Crippen molar-refractivity contribution in [1.82, 2.24) is 9.55 Å². The molecular formula is C14H17N3O2. The highest BCUT2D eigenvalue weighted by atomic mass is 16.4. The smallest absolute Gasteiger partial charge is 0.323 e. The lowest BCUT2D eigenvalue weighted by Gasteiger charge is -2.22. The Morgan fingerprint density at radius 1 is 1.37 bits per heavy atom. The van der Waals surface area contributed by atoms with Gasteiger partial charge in [0.25, 0.3) is 0 Å². The topological polar surface area (TPSA) is 58.4 Å². The maximum atomic E-state index is 11.0. The van der Waals surface area contributed by atoms with Gasteiger partial charge < -0.3 is 14.6 Å². The maximum Gasteiger partial charge on any atom is 0.323 e. The number of nitrogens with zero attached hydrogens (tertiary/aromatic N) is 3. The molecule has 1 heterocycles. The van der Waals surface area contributed by atoms with Gasteiger partial charge in [0.15, 0.2) is 0 Å². The number of hydrogen-bond donors (Lipinski definition) is 1. The third kappa shape index (κ3) is 3.34. The zero-order chi connectivity index (χ0) is 13.7. The van der Waals surface area contributed by atoms with Crippen molar-refractivity contribution in [3.05, 3.63) is 48.5 Å². The van der Waals surface area contributed by atoms with Crippen molar-refractivity contribution in [2.24, 2.45) is 0 Å². The van der Waals surface area contributed by atoms with Gasteiger partial charge in [0.2, 0.25) is 0 Å². The maximum absolute atomic E-state index is 11.0. The summed E-state index contributed by atoms with van der Waals surface area (Å²) in [6.07, 6.45) is 3.64. The highest BCUT2D eigenvalue weighted by molar-refractivity contribution is 5.73. The lowest BCUT2D eigenvalue weighted by molar-refractivity contribution is -0.135. The molecular weight excluding hydrogens is 242 g/mol. The average Bonchev–Trinajstić information content (AvgIpc) is 2.86. The Morgan fingerprint density at radius 2 is 2.11 bits per heavy atom. The summed E-state index contributed by atoms with van der Waals surface area (Å²) < 4.78 is 2.01. The van der Waals surface area contributed by atoms with E-state index in [1.807, 2.05) is 48.0 Å². The van der Waals surface area contributed by atoms with E-state index < -0.39 is 5.97 Å². The Bertz CT molecular complexity index is 537. The summed E-state index contributed by atoms with van der Waals surface area (Å²) in [4.78, 5) is 17.1. The van der Waals surface area contributed by atoms with Crippen LogP contribution in [-0.4, -0.2) is 27.2 Å². The predicted molar refractivity (Wildman–Crippen MR) is 73.0 cm³/mol. The molecule has 0 saturated carbocycles. The molecule has 0 aliphatic rings. The minimum absolute atomic E-state index is 0.0411. The molecule has 0 unspecified atom stereocenters. The fraction of sp³-hybridized carbons (Fsp3) is 0.286. The molecule has 0 atom stereocenters. The number of hydrogen-bond acceptors (Lipinski definition) is 3. The van der Waals surface area contributed by atoms with Crippen LogP contribution in [0.1, 0.15) is 12.7 Å². The molecule has 0 bridgehead atoms. The van der Waals surface area contributed by atoms with Gasteiger partial charge in [0, 0.05) is 24.6 Å². The Labute approximate surface area is 112 Å². The van der Waals surface area contributed by atoms with Crippen LogP contribution in [0.3, 0.4) is 0 Å². The Morgan fingerprint density at radius 3 is 2.74 bits per heavy atom. The molecule has 2 aromatic rings. The van der Waals surface area contributed by atoms with Gasteiger partial charge >= 0.3 is 5.97 Å². The van der Waals surface area contributed by atoms with Crippen molar-refractivity contribution in [3.8, 4) is 0 Å². The number of carboxylic acid groups (broad SMARTS) is 1. The lowest BCUT2D eigenvalue weighted by atomic mass is 10.3. The first-order valence-electron chi connectivity index (χ1n) is 6.22.